The first kappa shape index (κ1) is 16.7. The molecule has 0 bridgehead atoms. The summed E-state index contributed by atoms with van der Waals surface area (Å²) in [5.41, 5.74) is 1.38. The Labute approximate surface area is 126 Å². The summed E-state index contributed by atoms with van der Waals surface area (Å²) in [6, 6.07) is 8.52. The van der Waals surface area contributed by atoms with Crippen LogP contribution in [0.1, 0.15) is 32.8 Å². The lowest BCUT2D eigenvalue weighted by Crippen LogP contribution is -2.29. The van der Waals surface area contributed by atoms with Crippen molar-refractivity contribution >= 4 is 15.9 Å². The molecule has 2 nitrogen and oxygen atoms in total. The van der Waals surface area contributed by atoms with Crippen LogP contribution in [0.2, 0.25) is 0 Å². The second-order valence-electron chi connectivity index (χ2n) is 4.84. The molecule has 108 valence electrons. The van der Waals surface area contributed by atoms with Crippen molar-refractivity contribution in [1.82, 2.24) is 9.80 Å². The lowest BCUT2D eigenvalue weighted by atomic mass is 10.2. The summed E-state index contributed by atoms with van der Waals surface area (Å²) in [7, 11) is 0. The fourth-order valence-electron chi connectivity index (χ4n) is 2.27. The van der Waals surface area contributed by atoms with Gasteiger partial charge in [-0.25, -0.2) is 0 Å². The maximum Gasteiger partial charge on any atom is 0.0244 e. The smallest absolute Gasteiger partial charge is 0.0244 e. The summed E-state index contributed by atoms with van der Waals surface area (Å²) >= 11 is 3.63. The first-order chi connectivity index (χ1) is 9.21. The maximum absolute atomic E-state index is 3.63. The van der Waals surface area contributed by atoms with E-state index < -0.39 is 0 Å². The van der Waals surface area contributed by atoms with Crippen LogP contribution in [0.25, 0.3) is 0 Å². The Morgan fingerprint density at radius 3 is 2.05 bits per heavy atom. The first-order valence-corrected chi connectivity index (χ1v) is 8.18. The molecule has 0 heterocycles. The normalized spacial score (nSPS) is 11.5. The van der Waals surface area contributed by atoms with Crippen LogP contribution in [0, 0.1) is 0 Å². The highest BCUT2D eigenvalue weighted by molar-refractivity contribution is 9.10. The van der Waals surface area contributed by atoms with Gasteiger partial charge in [0, 0.05) is 11.0 Å². The van der Waals surface area contributed by atoms with Gasteiger partial charge in [-0.3, -0.25) is 4.90 Å². The predicted molar refractivity (Wildman–Crippen MR) is 87.5 cm³/mol. The Balaban J connectivity index is 2.40. The molecule has 19 heavy (non-hydrogen) atoms. The highest BCUT2D eigenvalue weighted by atomic mass is 79.9. The van der Waals surface area contributed by atoms with Crippen molar-refractivity contribution in [3.05, 3.63) is 34.3 Å². The Hall–Kier alpha value is -0.380. The van der Waals surface area contributed by atoms with E-state index in [0.29, 0.717) is 0 Å². The first-order valence-electron chi connectivity index (χ1n) is 7.39. The molecule has 1 aromatic carbocycles. The molecule has 3 heteroatoms. The van der Waals surface area contributed by atoms with Crippen molar-refractivity contribution < 1.29 is 0 Å². The molecule has 0 amide bonds. The molecule has 0 aliphatic heterocycles. The molecule has 0 aromatic heterocycles. The van der Waals surface area contributed by atoms with E-state index in [4.69, 9.17) is 0 Å². The Kier molecular flexibility index (Phi) is 8.35. The second kappa shape index (κ2) is 9.51. The van der Waals surface area contributed by atoms with Gasteiger partial charge < -0.3 is 4.90 Å². The van der Waals surface area contributed by atoms with Crippen LogP contribution in [-0.2, 0) is 6.54 Å². The predicted octanol–water partition coefficient (Wildman–Crippen LogP) is 4.00. The molecular formula is C16H27BrN2. The lowest BCUT2D eigenvalue weighted by molar-refractivity contribution is 0.238. The SMILES string of the molecule is CCN(CC)CCCN(CC)Cc1ccccc1Br. The highest BCUT2D eigenvalue weighted by Gasteiger charge is 2.07. The number of nitrogens with zero attached hydrogens (tertiary/aromatic N) is 2. The fourth-order valence-corrected chi connectivity index (χ4v) is 2.68. The minimum atomic E-state index is 1.04. The van der Waals surface area contributed by atoms with Gasteiger partial charge in [-0.05, 0) is 50.8 Å². The standard InChI is InChI=1S/C16H27BrN2/c1-4-18(5-2)12-9-13-19(6-3)14-15-10-7-8-11-16(15)17/h7-8,10-11H,4-6,9,12-14H2,1-3H3. The van der Waals surface area contributed by atoms with E-state index in [9.17, 15) is 0 Å². The minimum absolute atomic E-state index is 1.04. The zero-order chi connectivity index (χ0) is 14.1. The summed E-state index contributed by atoms with van der Waals surface area (Å²) in [4.78, 5) is 5.01. The average molecular weight is 327 g/mol. The molecule has 0 aliphatic carbocycles. The number of benzene rings is 1. The lowest BCUT2D eigenvalue weighted by Gasteiger charge is -2.23. The highest BCUT2D eigenvalue weighted by Crippen LogP contribution is 2.17. The summed E-state index contributed by atoms with van der Waals surface area (Å²) in [5.74, 6) is 0. The molecule has 0 N–H and O–H groups in total. The van der Waals surface area contributed by atoms with Crippen molar-refractivity contribution in [2.45, 2.75) is 33.7 Å². The zero-order valence-electron chi connectivity index (χ0n) is 12.5. The van der Waals surface area contributed by atoms with Crippen molar-refractivity contribution in [1.29, 1.82) is 0 Å². The summed E-state index contributed by atoms with van der Waals surface area (Å²) in [5, 5.41) is 0. The molecule has 0 saturated carbocycles. The van der Waals surface area contributed by atoms with Crippen LogP contribution >= 0.6 is 15.9 Å². The van der Waals surface area contributed by atoms with Gasteiger partial charge in [0.25, 0.3) is 0 Å². The van der Waals surface area contributed by atoms with Gasteiger partial charge >= 0.3 is 0 Å². The van der Waals surface area contributed by atoms with Crippen molar-refractivity contribution in [3.63, 3.8) is 0 Å². The summed E-state index contributed by atoms with van der Waals surface area (Å²) in [6.45, 7) is 13.6. The van der Waals surface area contributed by atoms with Gasteiger partial charge in [-0.15, -0.1) is 0 Å². The third-order valence-corrected chi connectivity index (χ3v) is 4.42. The van der Waals surface area contributed by atoms with Crippen LogP contribution in [0.5, 0.6) is 0 Å². The van der Waals surface area contributed by atoms with E-state index in [2.05, 4.69) is 70.8 Å². The Morgan fingerprint density at radius 2 is 1.47 bits per heavy atom. The molecule has 0 spiro atoms. The van der Waals surface area contributed by atoms with E-state index in [1.165, 1.54) is 29.5 Å². The topological polar surface area (TPSA) is 6.48 Å². The number of hydrogen-bond donors (Lipinski definition) is 0. The van der Waals surface area contributed by atoms with Crippen molar-refractivity contribution in [2.75, 3.05) is 32.7 Å². The number of rotatable bonds is 9. The number of hydrogen-bond acceptors (Lipinski definition) is 2. The van der Waals surface area contributed by atoms with Gasteiger partial charge in [0.05, 0.1) is 0 Å². The largest absolute Gasteiger partial charge is 0.304 e. The summed E-state index contributed by atoms with van der Waals surface area (Å²) in [6.07, 6.45) is 1.25. The van der Waals surface area contributed by atoms with Crippen LogP contribution < -0.4 is 0 Å². The zero-order valence-corrected chi connectivity index (χ0v) is 14.1. The summed E-state index contributed by atoms with van der Waals surface area (Å²) < 4.78 is 1.22. The Bertz CT molecular complexity index is 350. The van der Waals surface area contributed by atoms with Gasteiger partial charge in [0.2, 0.25) is 0 Å². The molecule has 0 saturated heterocycles. The van der Waals surface area contributed by atoms with E-state index in [0.717, 1.165) is 26.2 Å². The minimum Gasteiger partial charge on any atom is -0.304 e. The molecule has 0 atom stereocenters. The van der Waals surface area contributed by atoms with Crippen molar-refractivity contribution in [2.24, 2.45) is 0 Å². The monoisotopic (exact) mass is 326 g/mol. The molecule has 1 aromatic rings. The molecule has 0 aliphatic rings. The molecule has 1 rings (SSSR count). The van der Waals surface area contributed by atoms with Gasteiger partial charge in [-0.1, -0.05) is 54.9 Å². The molecule has 0 radical (unpaired) electrons. The third kappa shape index (κ3) is 6.07. The van der Waals surface area contributed by atoms with Gasteiger partial charge in [0.1, 0.15) is 0 Å². The Morgan fingerprint density at radius 1 is 0.895 bits per heavy atom. The van der Waals surface area contributed by atoms with Crippen LogP contribution in [0.4, 0.5) is 0 Å². The quantitative estimate of drug-likeness (QED) is 0.676. The third-order valence-electron chi connectivity index (χ3n) is 3.64. The van der Waals surface area contributed by atoms with Crippen molar-refractivity contribution in [3.8, 4) is 0 Å². The van der Waals surface area contributed by atoms with Gasteiger partial charge in [-0.2, -0.15) is 0 Å². The van der Waals surface area contributed by atoms with E-state index in [-0.39, 0.29) is 0 Å². The average Bonchev–Trinajstić information content (AvgIpc) is 2.44. The molecule has 0 unspecified atom stereocenters. The van der Waals surface area contributed by atoms with E-state index in [1.54, 1.807) is 0 Å². The van der Waals surface area contributed by atoms with Crippen LogP contribution in [0.3, 0.4) is 0 Å². The molecular weight excluding hydrogens is 300 g/mol. The van der Waals surface area contributed by atoms with Gasteiger partial charge in [0.15, 0.2) is 0 Å². The second-order valence-corrected chi connectivity index (χ2v) is 5.69. The number of halogens is 1. The molecule has 0 fully saturated rings. The fraction of sp³-hybridized carbons (Fsp3) is 0.625. The van der Waals surface area contributed by atoms with E-state index >= 15 is 0 Å². The van der Waals surface area contributed by atoms with E-state index in [1.807, 2.05) is 0 Å². The maximum atomic E-state index is 3.63. The van der Waals surface area contributed by atoms with Crippen LogP contribution in [-0.4, -0.2) is 42.5 Å². The van der Waals surface area contributed by atoms with Crippen LogP contribution in [0.15, 0.2) is 28.7 Å².